The molecule has 0 aromatic heterocycles. The van der Waals surface area contributed by atoms with E-state index in [1.165, 1.54) is 0 Å². The molecule has 0 saturated heterocycles. The summed E-state index contributed by atoms with van der Waals surface area (Å²) >= 11 is 0. The van der Waals surface area contributed by atoms with E-state index in [4.69, 9.17) is 20.8 Å². The lowest BCUT2D eigenvalue weighted by atomic mass is 10.1. The van der Waals surface area contributed by atoms with E-state index in [9.17, 15) is 14.4 Å². The number of aliphatic carboxylic acids is 2. The van der Waals surface area contributed by atoms with Gasteiger partial charge in [0.1, 0.15) is 6.04 Å². The van der Waals surface area contributed by atoms with Crippen molar-refractivity contribution >= 4 is 17.8 Å². The molecule has 5 N–H and O–H groups in total. The van der Waals surface area contributed by atoms with Crippen LogP contribution in [-0.2, 0) is 19.2 Å². The minimum atomic E-state index is -1.36. The van der Waals surface area contributed by atoms with Crippen LogP contribution in [0.4, 0.5) is 0 Å². The van der Waals surface area contributed by atoms with Crippen molar-refractivity contribution in [2.24, 2.45) is 5.73 Å². The predicted molar refractivity (Wildman–Crippen MR) is 70.9 cm³/mol. The van der Waals surface area contributed by atoms with E-state index in [0.717, 1.165) is 0 Å². The summed E-state index contributed by atoms with van der Waals surface area (Å²) in [7, 11) is 0. The van der Waals surface area contributed by atoms with Crippen LogP contribution in [0.1, 0.15) is 24.5 Å². The third-order valence-corrected chi connectivity index (χ3v) is 2.63. The molecule has 0 saturated carbocycles. The molecule has 2 atom stereocenters. The average Bonchev–Trinajstić information content (AvgIpc) is 2.42. The number of carboxylic acids is 2. The molecule has 0 radical (unpaired) electrons. The van der Waals surface area contributed by atoms with E-state index < -0.39 is 30.0 Å². The van der Waals surface area contributed by atoms with E-state index in [0.29, 0.717) is 5.56 Å². The highest BCUT2D eigenvalue weighted by molar-refractivity contribution is 5.77. The van der Waals surface area contributed by atoms with Gasteiger partial charge in [-0.1, -0.05) is 30.3 Å². The summed E-state index contributed by atoms with van der Waals surface area (Å²) < 4.78 is 0. The minimum Gasteiger partial charge on any atom is -0.480 e. The van der Waals surface area contributed by atoms with E-state index >= 15 is 0 Å². The van der Waals surface area contributed by atoms with Crippen molar-refractivity contribution in [2.45, 2.75) is 25.0 Å². The van der Waals surface area contributed by atoms with Gasteiger partial charge in [-0.25, -0.2) is 4.79 Å². The molecular weight excluding hydrogens is 280 g/mol. The van der Waals surface area contributed by atoms with Crippen molar-refractivity contribution in [1.82, 2.24) is 5.48 Å². The standard InChI is InChI=1S/C13H16N2O6/c14-10(16)7-6-9(12(17)18)15-21-11(13(19)20)8-4-2-1-3-5-8/h1-5,9,11,15H,6-7H2,(H2,14,16)(H,17,18)(H,19,20)/t9-,11?/m0/s1. The van der Waals surface area contributed by atoms with Gasteiger partial charge in [0.2, 0.25) is 12.0 Å². The second-order valence-corrected chi connectivity index (χ2v) is 4.26. The van der Waals surface area contributed by atoms with Crippen molar-refractivity contribution in [1.29, 1.82) is 0 Å². The molecule has 0 aliphatic heterocycles. The summed E-state index contributed by atoms with van der Waals surface area (Å²) in [5.74, 6) is -3.19. The first kappa shape index (κ1) is 16.6. The SMILES string of the molecule is NC(=O)CC[C@H](NOC(C(=O)O)c1ccccc1)C(=O)O. The molecule has 1 aromatic rings. The Kier molecular flexibility index (Phi) is 6.31. The van der Waals surface area contributed by atoms with Crippen LogP contribution >= 0.6 is 0 Å². The van der Waals surface area contributed by atoms with Crippen LogP contribution in [0.2, 0.25) is 0 Å². The topological polar surface area (TPSA) is 139 Å². The lowest BCUT2D eigenvalue weighted by Crippen LogP contribution is -2.39. The van der Waals surface area contributed by atoms with Crippen molar-refractivity contribution < 1.29 is 29.4 Å². The molecule has 0 heterocycles. The van der Waals surface area contributed by atoms with Crippen LogP contribution in [0.15, 0.2) is 30.3 Å². The average molecular weight is 296 g/mol. The zero-order valence-electron chi connectivity index (χ0n) is 11.1. The number of primary amides is 1. The number of carbonyl (C=O) groups is 3. The van der Waals surface area contributed by atoms with E-state index in [-0.39, 0.29) is 12.8 Å². The number of nitrogens with one attached hydrogen (secondary N) is 1. The van der Waals surface area contributed by atoms with Crippen molar-refractivity contribution in [2.75, 3.05) is 0 Å². The Morgan fingerprint density at radius 3 is 2.24 bits per heavy atom. The molecule has 0 bridgehead atoms. The summed E-state index contributed by atoms with van der Waals surface area (Å²) in [6.45, 7) is 0. The third-order valence-electron chi connectivity index (χ3n) is 2.63. The normalized spacial score (nSPS) is 13.3. The summed E-state index contributed by atoms with van der Waals surface area (Å²) in [6, 6.07) is 6.83. The molecule has 0 spiro atoms. The second-order valence-electron chi connectivity index (χ2n) is 4.26. The maximum absolute atomic E-state index is 11.2. The molecule has 1 unspecified atom stereocenters. The number of nitrogens with two attached hydrogens (primary N) is 1. The summed E-state index contributed by atoms with van der Waals surface area (Å²) in [5, 5.41) is 18.1. The van der Waals surface area contributed by atoms with Gasteiger partial charge in [0.05, 0.1) is 0 Å². The largest absolute Gasteiger partial charge is 0.480 e. The number of amides is 1. The Hall–Kier alpha value is -2.45. The van der Waals surface area contributed by atoms with Crippen LogP contribution in [-0.4, -0.2) is 34.1 Å². The van der Waals surface area contributed by atoms with Gasteiger partial charge >= 0.3 is 11.9 Å². The summed E-state index contributed by atoms with van der Waals surface area (Å²) in [4.78, 5) is 37.8. The maximum atomic E-state index is 11.2. The molecule has 0 fully saturated rings. The minimum absolute atomic E-state index is 0.105. The van der Waals surface area contributed by atoms with Gasteiger partial charge in [-0.3, -0.25) is 14.4 Å². The quantitative estimate of drug-likeness (QED) is 0.472. The number of hydrogen-bond donors (Lipinski definition) is 4. The van der Waals surface area contributed by atoms with E-state index in [1.807, 2.05) is 0 Å². The van der Waals surface area contributed by atoms with Gasteiger partial charge in [0.15, 0.2) is 0 Å². The van der Waals surface area contributed by atoms with Gasteiger partial charge < -0.3 is 15.9 Å². The smallest absolute Gasteiger partial charge is 0.339 e. The molecular formula is C13H16N2O6. The molecule has 8 nitrogen and oxygen atoms in total. The maximum Gasteiger partial charge on any atom is 0.339 e. The molecule has 0 aliphatic carbocycles. The van der Waals surface area contributed by atoms with Gasteiger partial charge in [0.25, 0.3) is 0 Å². The molecule has 114 valence electrons. The lowest BCUT2D eigenvalue weighted by Gasteiger charge is -2.18. The van der Waals surface area contributed by atoms with Crippen LogP contribution in [0.25, 0.3) is 0 Å². The molecule has 1 amide bonds. The Balaban J connectivity index is 2.68. The van der Waals surface area contributed by atoms with Crippen LogP contribution in [0, 0.1) is 0 Å². The molecule has 1 aromatic carbocycles. The number of hydrogen-bond acceptors (Lipinski definition) is 5. The number of carboxylic acid groups (broad SMARTS) is 2. The van der Waals surface area contributed by atoms with Crippen molar-refractivity contribution in [3.63, 3.8) is 0 Å². The Labute approximate surface area is 120 Å². The van der Waals surface area contributed by atoms with Crippen LogP contribution in [0.3, 0.4) is 0 Å². The number of rotatable bonds is 9. The fourth-order valence-corrected chi connectivity index (χ4v) is 1.56. The second kappa shape index (κ2) is 7.98. The van der Waals surface area contributed by atoms with Crippen molar-refractivity contribution in [3.05, 3.63) is 35.9 Å². The number of hydroxylamine groups is 1. The zero-order chi connectivity index (χ0) is 15.8. The Morgan fingerprint density at radius 1 is 1.14 bits per heavy atom. The fourth-order valence-electron chi connectivity index (χ4n) is 1.56. The molecule has 8 heteroatoms. The summed E-state index contributed by atoms with van der Waals surface area (Å²) in [5.41, 5.74) is 7.47. The highest BCUT2D eigenvalue weighted by atomic mass is 16.7. The predicted octanol–water partition coefficient (Wildman–Crippen LogP) is 0.0522. The fraction of sp³-hybridized carbons (Fsp3) is 0.308. The molecule has 21 heavy (non-hydrogen) atoms. The molecule has 0 aliphatic rings. The monoisotopic (exact) mass is 296 g/mol. The highest BCUT2D eigenvalue weighted by Gasteiger charge is 2.25. The summed E-state index contributed by atoms with van der Waals surface area (Å²) in [6.07, 6.45) is -1.62. The van der Waals surface area contributed by atoms with Crippen LogP contribution < -0.4 is 11.2 Å². The van der Waals surface area contributed by atoms with Gasteiger partial charge in [-0.2, -0.15) is 5.48 Å². The van der Waals surface area contributed by atoms with E-state index in [2.05, 4.69) is 5.48 Å². The first-order chi connectivity index (χ1) is 9.91. The first-order valence-corrected chi connectivity index (χ1v) is 6.12. The van der Waals surface area contributed by atoms with Gasteiger partial charge in [0, 0.05) is 6.42 Å². The first-order valence-electron chi connectivity index (χ1n) is 6.12. The number of carbonyl (C=O) groups excluding carboxylic acids is 1. The highest BCUT2D eigenvalue weighted by Crippen LogP contribution is 2.16. The van der Waals surface area contributed by atoms with Crippen molar-refractivity contribution in [3.8, 4) is 0 Å². The van der Waals surface area contributed by atoms with E-state index in [1.54, 1.807) is 30.3 Å². The number of benzene rings is 1. The van der Waals surface area contributed by atoms with Crippen LogP contribution in [0.5, 0.6) is 0 Å². The lowest BCUT2D eigenvalue weighted by molar-refractivity contribution is -0.164. The third kappa shape index (κ3) is 5.59. The molecule has 1 rings (SSSR count). The Morgan fingerprint density at radius 2 is 1.76 bits per heavy atom. The van der Waals surface area contributed by atoms with Gasteiger partial charge in [-0.15, -0.1) is 0 Å². The van der Waals surface area contributed by atoms with Gasteiger partial charge in [-0.05, 0) is 12.0 Å². The zero-order valence-corrected chi connectivity index (χ0v) is 11.1. The Bertz CT molecular complexity index is 505.